The van der Waals surface area contributed by atoms with E-state index >= 15 is 0 Å². The summed E-state index contributed by atoms with van der Waals surface area (Å²) in [6.07, 6.45) is 3.59. The van der Waals surface area contributed by atoms with Gasteiger partial charge in [-0.05, 0) is 24.8 Å². The minimum absolute atomic E-state index is 0.0392. The Morgan fingerprint density at radius 3 is 2.33 bits per heavy atom. The number of anilines is 3. The molecule has 0 amide bonds. The number of aliphatic hydroxyl groups excluding tert-OH is 1. The minimum atomic E-state index is 0.0392. The Bertz CT molecular complexity index is 630. The van der Waals surface area contributed by atoms with Crippen LogP contribution in [0.4, 0.5) is 17.8 Å². The largest absolute Gasteiger partial charge is 0.395 e. The number of hydrogen-bond acceptors (Lipinski definition) is 7. The van der Waals surface area contributed by atoms with Crippen LogP contribution in [0.15, 0.2) is 30.3 Å². The van der Waals surface area contributed by atoms with Gasteiger partial charge in [-0.25, -0.2) is 0 Å². The van der Waals surface area contributed by atoms with Crippen LogP contribution in [-0.2, 0) is 6.54 Å². The Morgan fingerprint density at radius 2 is 1.62 bits per heavy atom. The van der Waals surface area contributed by atoms with Crippen molar-refractivity contribution in [2.75, 3.05) is 41.8 Å². The monoisotopic (exact) mass is 328 g/mol. The van der Waals surface area contributed by atoms with Gasteiger partial charge >= 0.3 is 0 Å². The molecule has 0 spiro atoms. The van der Waals surface area contributed by atoms with Crippen LogP contribution in [0.1, 0.15) is 24.8 Å². The van der Waals surface area contributed by atoms with E-state index in [-0.39, 0.29) is 6.61 Å². The molecule has 1 saturated heterocycles. The summed E-state index contributed by atoms with van der Waals surface area (Å²) in [6, 6.07) is 10.1. The van der Waals surface area contributed by atoms with E-state index in [0.29, 0.717) is 30.9 Å². The number of benzene rings is 1. The van der Waals surface area contributed by atoms with Crippen LogP contribution in [0.2, 0.25) is 0 Å². The molecule has 1 aliphatic rings. The summed E-state index contributed by atoms with van der Waals surface area (Å²) >= 11 is 0. The molecule has 2 aromatic rings. The van der Waals surface area contributed by atoms with E-state index < -0.39 is 0 Å². The van der Waals surface area contributed by atoms with Crippen LogP contribution in [0.5, 0.6) is 0 Å². The Morgan fingerprint density at radius 1 is 0.917 bits per heavy atom. The summed E-state index contributed by atoms with van der Waals surface area (Å²) in [7, 11) is 0. The molecule has 0 atom stereocenters. The number of piperidine rings is 1. The van der Waals surface area contributed by atoms with E-state index in [1.165, 1.54) is 12.0 Å². The van der Waals surface area contributed by atoms with Crippen molar-refractivity contribution in [1.29, 1.82) is 0 Å². The third-order valence-corrected chi connectivity index (χ3v) is 3.95. The molecular weight excluding hydrogens is 304 g/mol. The van der Waals surface area contributed by atoms with Crippen molar-refractivity contribution >= 4 is 17.8 Å². The summed E-state index contributed by atoms with van der Waals surface area (Å²) in [5.74, 6) is 1.74. The number of nitrogens with one attached hydrogen (secondary N) is 2. The van der Waals surface area contributed by atoms with Gasteiger partial charge < -0.3 is 20.6 Å². The van der Waals surface area contributed by atoms with Crippen molar-refractivity contribution in [3.8, 4) is 0 Å². The predicted octanol–water partition coefficient (Wildman–Crippen LogP) is 1.88. The van der Waals surface area contributed by atoms with Gasteiger partial charge in [0, 0.05) is 26.2 Å². The average Bonchev–Trinajstić information content (AvgIpc) is 2.66. The zero-order valence-electron chi connectivity index (χ0n) is 13.8. The second kappa shape index (κ2) is 8.44. The molecule has 1 aliphatic heterocycles. The molecule has 3 N–H and O–H groups in total. The van der Waals surface area contributed by atoms with Gasteiger partial charge in [0.1, 0.15) is 0 Å². The van der Waals surface area contributed by atoms with Gasteiger partial charge in [-0.3, -0.25) is 0 Å². The highest BCUT2D eigenvalue weighted by molar-refractivity contribution is 5.44. The third kappa shape index (κ3) is 4.55. The lowest BCUT2D eigenvalue weighted by molar-refractivity contribution is 0.311. The van der Waals surface area contributed by atoms with E-state index in [0.717, 1.165) is 25.9 Å². The molecule has 0 bridgehead atoms. The van der Waals surface area contributed by atoms with E-state index in [1.54, 1.807) is 0 Å². The van der Waals surface area contributed by atoms with Crippen LogP contribution in [0, 0.1) is 0 Å². The second-order valence-electron chi connectivity index (χ2n) is 5.82. The number of aromatic nitrogens is 3. The van der Waals surface area contributed by atoms with Gasteiger partial charge in [0.15, 0.2) is 0 Å². The summed E-state index contributed by atoms with van der Waals surface area (Å²) in [6.45, 7) is 3.06. The van der Waals surface area contributed by atoms with Crippen molar-refractivity contribution in [3.05, 3.63) is 35.9 Å². The van der Waals surface area contributed by atoms with Gasteiger partial charge in [0.25, 0.3) is 0 Å². The summed E-state index contributed by atoms with van der Waals surface area (Å²) < 4.78 is 0. The molecular formula is C17H24N6O. The molecule has 0 radical (unpaired) electrons. The lowest BCUT2D eigenvalue weighted by Crippen LogP contribution is -2.31. The second-order valence-corrected chi connectivity index (χ2v) is 5.82. The lowest BCUT2D eigenvalue weighted by Gasteiger charge is -2.27. The highest BCUT2D eigenvalue weighted by Crippen LogP contribution is 2.18. The van der Waals surface area contributed by atoms with Crippen LogP contribution < -0.4 is 15.5 Å². The Hall–Kier alpha value is -2.41. The predicted molar refractivity (Wildman–Crippen MR) is 95.2 cm³/mol. The minimum Gasteiger partial charge on any atom is -0.395 e. The zero-order valence-corrected chi connectivity index (χ0v) is 13.8. The van der Waals surface area contributed by atoms with E-state index in [9.17, 15) is 0 Å². The molecule has 24 heavy (non-hydrogen) atoms. The van der Waals surface area contributed by atoms with Crippen molar-refractivity contribution in [3.63, 3.8) is 0 Å². The van der Waals surface area contributed by atoms with Gasteiger partial charge in [0.05, 0.1) is 6.61 Å². The normalized spacial score (nSPS) is 14.5. The molecule has 2 heterocycles. The molecule has 0 aliphatic carbocycles. The molecule has 1 aromatic carbocycles. The quantitative estimate of drug-likeness (QED) is 0.715. The van der Waals surface area contributed by atoms with Crippen LogP contribution in [0.25, 0.3) is 0 Å². The standard InChI is InChI=1S/C17H24N6O/c24-12-9-18-15-20-16(19-13-14-7-3-1-4-8-14)22-17(21-15)23-10-5-2-6-11-23/h1,3-4,7-8,24H,2,5-6,9-13H2,(H2,18,19,20,21,22). The highest BCUT2D eigenvalue weighted by Gasteiger charge is 2.16. The lowest BCUT2D eigenvalue weighted by atomic mass is 10.1. The van der Waals surface area contributed by atoms with E-state index in [4.69, 9.17) is 5.11 Å². The Kier molecular flexibility index (Phi) is 5.79. The first-order valence-electron chi connectivity index (χ1n) is 8.49. The molecule has 1 fully saturated rings. The molecule has 128 valence electrons. The third-order valence-electron chi connectivity index (χ3n) is 3.95. The fourth-order valence-electron chi connectivity index (χ4n) is 2.70. The first-order valence-corrected chi connectivity index (χ1v) is 8.49. The highest BCUT2D eigenvalue weighted by atomic mass is 16.3. The smallest absolute Gasteiger partial charge is 0.231 e. The van der Waals surface area contributed by atoms with Gasteiger partial charge in [-0.2, -0.15) is 15.0 Å². The summed E-state index contributed by atoms with van der Waals surface area (Å²) in [4.78, 5) is 15.7. The Balaban J connectivity index is 1.75. The van der Waals surface area contributed by atoms with Crippen molar-refractivity contribution in [1.82, 2.24) is 15.0 Å². The van der Waals surface area contributed by atoms with Crippen molar-refractivity contribution in [2.45, 2.75) is 25.8 Å². The van der Waals surface area contributed by atoms with Crippen molar-refractivity contribution in [2.24, 2.45) is 0 Å². The van der Waals surface area contributed by atoms with Crippen LogP contribution >= 0.6 is 0 Å². The van der Waals surface area contributed by atoms with E-state index in [1.807, 2.05) is 18.2 Å². The SMILES string of the molecule is OCCNc1nc(NCc2ccccc2)nc(N2CCCCC2)n1. The maximum atomic E-state index is 9.01. The molecule has 7 heteroatoms. The first kappa shape index (κ1) is 16.4. The fourth-order valence-corrected chi connectivity index (χ4v) is 2.70. The molecule has 0 unspecified atom stereocenters. The molecule has 0 saturated carbocycles. The topological polar surface area (TPSA) is 86.2 Å². The van der Waals surface area contributed by atoms with Crippen LogP contribution in [0.3, 0.4) is 0 Å². The maximum absolute atomic E-state index is 9.01. The average molecular weight is 328 g/mol. The molecule has 1 aromatic heterocycles. The fraction of sp³-hybridized carbons (Fsp3) is 0.471. The summed E-state index contributed by atoms with van der Waals surface area (Å²) in [5, 5.41) is 15.3. The summed E-state index contributed by atoms with van der Waals surface area (Å²) in [5.41, 5.74) is 1.17. The molecule has 3 rings (SSSR count). The number of rotatable bonds is 7. The van der Waals surface area contributed by atoms with Gasteiger partial charge in [0.2, 0.25) is 17.8 Å². The number of hydrogen-bond donors (Lipinski definition) is 3. The number of nitrogens with zero attached hydrogens (tertiary/aromatic N) is 4. The van der Waals surface area contributed by atoms with Crippen molar-refractivity contribution < 1.29 is 5.11 Å². The Labute approximate surface area is 142 Å². The maximum Gasteiger partial charge on any atom is 0.231 e. The van der Waals surface area contributed by atoms with E-state index in [2.05, 4.69) is 42.6 Å². The van der Waals surface area contributed by atoms with Crippen LogP contribution in [-0.4, -0.2) is 46.3 Å². The molecule has 7 nitrogen and oxygen atoms in total. The zero-order chi connectivity index (χ0) is 16.6. The first-order chi connectivity index (χ1) is 11.8. The van der Waals surface area contributed by atoms with Gasteiger partial charge in [-0.1, -0.05) is 30.3 Å². The van der Waals surface area contributed by atoms with Gasteiger partial charge in [-0.15, -0.1) is 0 Å². The number of aliphatic hydroxyl groups is 1.